The fraction of sp³-hybridized carbons (Fsp3) is 0.208. The van der Waals surface area contributed by atoms with Gasteiger partial charge in [-0.25, -0.2) is 9.97 Å². The van der Waals surface area contributed by atoms with Crippen molar-refractivity contribution >= 4 is 50.3 Å². The van der Waals surface area contributed by atoms with E-state index in [1.54, 1.807) is 40.9 Å². The standard InChI is InChI=1S/C24H23ClN4OS/c1-17-14-18(2)23-21(15-17)31-24(27-23)29(12-5-11-28-13-10-26-16-28)22(30)9-8-19-6-3-4-7-20(19)25/h3-4,6-10,13-16H,5,11-12H2,1-2H3/b9-8+. The van der Waals surface area contributed by atoms with Crippen LogP contribution in [0.3, 0.4) is 0 Å². The number of hydrogen-bond donors (Lipinski definition) is 0. The normalized spacial score (nSPS) is 11.5. The first kappa shape index (κ1) is 21.3. The molecule has 4 rings (SSSR count). The highest BCUT2D eigenvalue weighted by molar-refractivity contribution is 7.22. The van der Waals surface area contributed by atoms with E-state index in [0.717, 1.165) is 34.3 Å². The van der Waals surface area contributed by atoms with Gasteiger partial charge in [-0.15, -0.1) is 0 Å². The van der Waals surface area contributed by atoms with Crippen molar-refractivity contribution in [3.63, 3.8) is 0 Å². The third kappa shape index (κ3) is 5.03. The molecule has 5 nitrogen and oxygen atoms in total. The number of anilines is 1. The van der Waals surface area contributed by atoms with Crippen LogP contribution in [0.4, 0.5) is 5.13 Å². The number of thiazole rings is 1. The minimum atomic E-state index is -0.112. The lowest BCUT2D eigenvalue weighted by atomic mass is 10.1. The van der Waals surface area contributed by atoms with Gasteiger partial charge in [-0.05, 0) is 55.2 Å². The van der Waals surface area contributed by atoms with Crippen molar-refractivity contribution in [2.75, 3.05) is 11.4 Å². The van der Waals surface area contributed by atoms with E-state index in [0.29, 0.717) is 16.7 Å². The van der Waals surface area contributed by atoms with Crippen molar-refractivity contribution < 1.29 is 4.79 Å². The van der Waals surface area contributed by atoms with Crippen molar-refractivity contribution in [1.29, 1.82) is 0 Å². The molecule has 4 aromatic rings. The Morgan fingerprint density at radius 1 is 1.26 bits per heavy atom. The van der Waals surface area contributed by atoms with Crippen LogP contribution < -0.4 is 4.90 Å². The van der Waals surface area contributed by atoms with Crippen LogP contribution in [-0.2, 0) is 11.3 Å². The molecular formula is C24H23ClN4OS. The van der Waals surface area contributed by atoms with Crippen LogP contribution >= 0.6 is 22.9 Å². The number of rotatable bonds is 7. The topological polar surface area (TPSA) is 51.0 Å². The van der Waals surface area contributed by atoms with Crippen LogP contribution in [0.15, 0.2) is 61.2 Å². The zero-order chi connectivity index (χ0) is 21.8. The van der Waals surface area contributed by atoms with Gasteiger partial charge in [0, 0.05) is 36.6 Å². The molecule has 0 saturated carbocycles. The second-order valence-corrected chi connectivity index (χ2v) is 8.84. The van der Waals surface area contributed by atoms with Crippen LogP contribution in [0.1, 0.15) is 23.1 Å². The zero-order valence-corrected chi connectivity index (χ0v) is 19.0. The Kier molecular flexibility index (Phi) is 6.49. The molecule has 0 saturated heterocycles. The number of carbonyl (C=O) groups is 1. The molecule has 0 atom stereocenters. The minimum absolute atomic E-state index is 0.112. The average molecular weight is 451 g/mol. The largest absolute Gasteiger partial charge is 0.337 e. The van der Waals surface area contributed by atoms with E-state index in [4.69, 9.17) is 16.6 Å². The Morgan fingerprint density at radius 3 is 2.87 bits per heavy atom. The first-order valence-electron chi connectivity index (χ1n) is 10.1. The van der Waals surface area contributed by atoms with E-state index >= 15 is 0 Å². The third-order valence-corrected chi connectivity index (χ3v) is 6.35. The number of aromatic nitrogens is 3. The molecule has 0 spiro atoms. The van der Waals surface area contributed by atoms with Gasteiger partial charge in [-0.2, -0.15) is 0 Å². The molecule has 0 fully saturated rings. The van der Waals surface area contributed by atoms with Gasteiger partial charge in [-0.3, -0.25) is 9.69 Å². The molecule has 0 aliphatic rings. The maximum absolute atomic E-state index is 13.2. The molecule has 0 unspecified atom stereocenters. The van der Waals surface area contributed by atoms with Gasteiger partial charge >= 0.3 is 0 Å². The van der Waals surface area contributed by atoms with Crippen LogP contribution in [-0.4, -0.2) is 27.0 Å². The zero-order valence-electron chi connectivity index (χ0n) is 17.5. The van der Waals surface area contributed by atoms with Crippen molar-refractivity contribution in [2.24, 2.45) is 0 Å². The van der Waals surface area contributed by atoms with Gasteiger partial charge in [0.2, 0.25) is 0 Å². The van der Waals surface area contributed by atoms with Crippen LogP contribution in [0.2, 0.25) is 5.02 Å². The number of benzene rings is 2. The van der Waals surface area contributed by atoms with Crippen molar-refractivity contribution in [2.45, 2.75) is 26.8 Å². The van der Waals surface area contributed by atoms with Gasteiger partial charge in [0.1, 0.15) is 0 Å². The average Bonchev–Trinajstić information content (AvgIpc) is 3.40. The number of aryl methyl sites for hydroxylation is 3. The molecule has 0 radical (unpaired) electrons. The maximum atomic E-state index is 13.2. The summed E-state index contributed by atoms with van der Waals surface area (Å²) in [4.78, 5) is 23.8. The van der Waals surface area contributed by atoms with E-state index < -0.39 is 0 Å². The predicted molar refractivity (Wildman–Crippen MR) is 129 cm³/mol. The molecular weight excluding hydrogens is 428 g/mol. The first-order chi connectivity index (χ1) is 15.0. The molecule has 31 heavy (non-hydrogen) atoms. The molecule has 7 heteroatoms. The Labute approximate surface area is 190 Å². The van der Waals surface area contributed by atoms with Crippen LogP contribution in [0.5, 0.6) is 0 Å². The number of carbonyl (C=O) groups excluding carboxylic acids is 1. The van der Waals surface area contributed by atoms with E-state index in [9.17, 15) is 4.79 Å². The molecule has 0 N–H and O–H groups in total. The van der Waals surface area contributed by atoms with Crippen LogP contribution in [0.25, 0.3) is 16.3 Å². The number of halogens is 1. The smallest absolute Gasteiger partial charge is 0.252 e. The number of amides is 1. The van der Waals surface area contributed by atoms with Gasteiger partial charge in [-0.1, -0.05) is 47.2 Å². The summed E-state index contributed by atoms with van der Waals surface area (Å²) in [6.45, 7) is 5.47. The minimum Gasteiger partial charge on any atom is -0.337 e. The Bertz CT molecular complexity index is 1230. The molecule has 2 heterocycles. The summed E-state index contributed by atoms with van der Waals surface area (Å²) in [6.07, 6.45) is 9.59. The highest BCUT2D eigenvalue weighted by Gasteiger charge is 2.18. The van der Waals surface area contributed by atoms with E-state index in [1.807, 2.05) is 35.0 Å². The number of nitrogens with zero attached hydrogens (tertiary/aromatic N) is 4. The summed E-state index contributed by atoms with van der Waals surface area (Å²) in [6, 6.07) is 11.7. The second kappa shape index (κ2) is 9.45. The van der Waals surface area contributed by atoms with Crippen LogP contribution in [0, 0.1) is 13.8 Å². The molecule has 2 aromatic carbocycles. The number of hydrogen-bond acceptors (Lipinski definition) is 4. The van der Waals surface area contributed by atoms with Crippen molar-refractivity contribution in [1.82, 2.24) is 14.5 Å². The quantitative estimate of drug-likeness (QED) is 0.329. The summed E-state index contributed by atoms with van der Waals surface area (Å²) >= 11 is 7.79. The summed E-state index contributed by atoms with van der Waals surface area (Å²) < 4.78 is 3.10. The molecule has 1 amide bonds. The highest BCUT2D eigenvalue weighted by Crippen LogP contribution is 2.32. The summed E-state index contributed by atoms with van der Waals surface area (Å²) in [5.74, 6) is -0.112. The predicted octanol–water partition coefficient (Wildman–Crippen LogP) is 5.90. The SMILES string of the molecule is Cc1cc(C)c2nc(N(CCCn3ccnc3)C(=O)/C=C/c3ccccc3Cl)sc2c1. The van der Waals surface area contributed by atoms with E-state index in [2.05, 4.69) is 31.0 Å². The molecule has 0 aliphatic carbocycles. The lowest BCUT2D eigenvalue weighted by molar-refractivity contribution is -0.114. The van der Waals surface area contributed by atoms with Gasteiger partial charge in [0.15, 0.2) is 5.13 Å². The third-order valence-electron chi connectivity index (χ3n) is 4.98. The van der Waals surface area contributed by atoms with Gasteiger partial charge < -0.3 is 4.57 Å². The molecule has 0 aliphatic heterocycles. The summed E-state index contributed by atoms with van der Waals surface area (Å²) in [5, 5.41) is 1.33. The number of fused-ring (bicyclic) bond motifs is 1. The molecule has 0 bridgehead atoms. The fourth-order valence-corrected chi connectivity index (χ4v) is 4.84. The fourth-order valence-electron chi connectivity index (χ4n) is 3.47. The van der Waals surface area contributed by atoms with Gasteiger partial charge in [0.25, 0.3) is 5.91 Å². The van der Waals surface area contributed by atoms with E-state index in [1.165, 1.54) is 5.56 Å². The summed E-state index contributed by atoms with van der Waals surface area (Å²) in [5.41, 5.74) is 4.08. The maximum Gasteiger partial charge on any atom is 0.252 e. The lowest BCUT2D eigenvalue weighted by Gasteiger charge is -2.18. The lowest BCUT2D eigenvalue weighted by Crippen LogP contribution is -2.30. The molecule has 158 valence electrons. The second-order valence-electron chi connectivity index (χ2n) is 7.42. The monoisotopic (exact) mass is 450 g/mol. The Morgan fingerprint density at radius 2 is 2.10 bits per heavy atom. The van der Waals surface area contributed by atoms with E-state index in [-0.39, 0.29) is 5.91 Å². The molecule has 2 aromatic heterocycles. The van der Waals surface area contributed by atoms with Crippen molar-refractivity contribution in [3.05, 3.63) is 82.9 Å². The summed E-state index contributed by atoms with van der Waals surface area (Å²) in [7, 11) is 0. The van der Waals surface area contributed by atoms with Gasteiger partial charge in [0.05, 0.1) is 16.5 Å². The first-order valence-corrected chi connectivity index (χ1v) is 11.3. The highest BCUT2D eigenvalue weighted by atomic mass is 35.5. The Hall–Kier alpha value is -2.96. The van der Waals surface area contributed by atoms with Crippen molar-refractivity contribution in [3.8, 4) is 0 Å². The Balaban J connectivity index is 1.61. The number of imidazole rings is 1.